The fourth-order valence-electron chi connectivity index (χ4n) is 1.74. The number of sulfonamides is 1. The first-order valence-electron chi connectivity index (χ1n) is 6.06. The lowest BCUT2D eigenvalue weighted by Gasteiger charge is -2.02. The maximum absolute atomic E-state index is 14.0. The number of ether oxygens (including phenoxy) is 1. The molecule has 2 N–H and O–H groups in total. The highest BCUT2D eigenvalue weighted by molar-refractivity contribution is 7.92. The molecular weight excluding hydrogens is 353 g/mol. The van der Waals surface area contributed by atoms with Crippen LogP contribution in [0.4, 0.5) is 10.3 Å². The molecule has 0 saturated heterocycles. The number of halogens is 2. The molecule has 0 aliphatic rings. The maximum Gasteiger partial charge on any atom is 0.308 e. The molecule has 10 heteroatoms. The van der Waals surface area contributed by atoms with E-state index in [4.69, 9.17) is 20.8 Å². The first kappa shape index (κ1) is 17.1. The minimum Gasteiger partial charge on any atom is -0.502 e. The van der Waals surface area contributed by atoms with Crippen molar-refractivity contribution in [1.82, 2.24) is 0 Å². The Balaban J connectivity index is 2.63. The Hall–Kier alpha value is -2.26. The van der Waals surface area contributed by atoms with Crippen LogP contribution in [0.5, 0.6) is 11.5 Å². The van der Waals surface area contributed by atoms with E-state index >= 15 is 0 Å². The molecule has 7 nitrogen and oxygen atoms in total. The Morgan fingerprint density at radius 2 is 2.09 bits per heavy atom. The molecular formula is C13H11ClFNO6S. The molecule has 124 valence electrons. The molecule has 1 aromatic carbocycles. The third kappa shape index (κ3) is 3.93. The first-order valence-corrected chi connectivity index (χ1v) is 8.33. The van der Waals surface area contributed by atoms with Crippen LogP contribution in [0, 0.1) is 5.82 Å². The number of benzene rings is 1. The van der Waals surface area contributed by atoms with E-state index in [0.29, 0.717) is 0 Å². The molecule has 0 atom stereocenters. The molecule has 2 rings (SSSR count). The second-order valence-electron chi connectivity index (χ2n) is 4.53. The van der Waals surface area contributed by atoms with E-state index < -0.39 is 45.0 Å². The van der Waals surface area contributed by atoms with E-state index in [1.54, 1.807) is 0 Å². The van der Waals surface area contributed by atoms with Crippen molar-refractivity contribution in [1.29, 1.82) is 0 Å². The Morgan fingerprint density at radius 3 is 2.61 bits per heavy atom. The van der Waals surface area contributed by atoms with E-state index in [1.807, 2.05) is 4.72 Å². The predicted molar refractivity (Wildman–Crippen MR) is 80.6 cm³/mol. The largest absolute Gasteiger partial charge is 0.502 e. The van der Waals surface area contributed by atoms with Gasteiger partial charge in [-0.15, -0.1) is 0 Å². The summed E-state index contributed by atoms with van der Waals surface area (Å²) in [6.07, 6.45) is 0.826. The third-order valence-electron chi connectivity index (χ3n) is 2.54. The number of carbonyl (C=O) groups excluding carboxylic acids is 1. The van der Waals surface area contributed by atoms with Crippen molar-refractivity contribution in [3.63, 3.8) is 0 Å². The molecule has 0 unspecified atom stereocenters. The van der Waals surface area contributed by atoms with Gasteiger partial charge >= 0.3 is 5.97 Å². The summed E-state index contributed by atoms with van der Waals surface area (Å²) in [7, 11) is -3.80. The molecule has 0 radical (unpaired) electrons. The lowest BCUT2D eigenvalue weighted by molar-refractivity contribution is -0.131. The number of rotatable bonds is 4. The zero-order valence-corrected chi connectivity index (χ0v) is 13.5. The molecule has 0 amide bonds. The first-order chi connectivity index (χ1) is 10.6. The summed E-state index contributed by atoms with van der Waals surface area (Å²) in [5, 5.41) is 10.2. The highest BCUT2D eigenvalue weighted by atomic mass is 35.5. The normalized spacial score (nSPS) is 11.3. The van der Waals surface area contributed by atoms with Gasteiger partial charge in [-0.1, -0.05) is 11.6 Å². The standard InChI is InChI=1S/C13H11ClFNO6S/c1-6(17)21-12-10(18)11(22-13(12)16-23(2,19)20)8-4-3-7(14)5-9(8)15/h3-5,16,18H,1-2H3. The van der Waals surface area contributed by atoms with Gasteiger partial charge in [-0.25, -0.2) is 12.8 Å². The van der Waals surface area contributed by atoms with Gasteiger partial charge in [-0.3, -0.25) is 9.52 Å². The summed E-state index contributed by atoms with van der Waals surface area (Å²) in [6.45, 7) is 1.04. The summed E-state index contributed by atoms with van der Waals surface area (Å²) in [5.41, 5.74) is -0.193. The van der Waals surface area contributed by atoms with E-state index in [1.165, 1.54) is 12.1 Å². The molecule has 0 aliphatic carbocycles. The molecule has 1 heterocycles. The Bertz CT molecular complexity index is 877. The topological polar surface area (TPSA) is 106 Å². The van der Waals surface area contributed by atoms with Gasteiger partial charge < -0.3 is 14.3 Å². The van der Waals surface area contributed by atoms with Crippen molar-refractivity contribution in [2.24, 2.45) is 0 Å². The molecule has 1 aromatic heterocycles. The van der Waals surface area contributed by atoms with E-state index in [0.717, 1.165) is 19.2 Å². The van der Waals surface area contributed by atoms with Gasteiger partial charge in [0, 0.05) is 11.9 Å². The average molecular weight is 364 g/mol. The summed E-state index contributed by atoms with van der Waals surface area (Å²) in [5.74, 6) is -3.91. The number of furan rings is 1. The second-order valence-corrected chi connectivity index (χ2v) is 6.71. The lowest BCUT2D eigenvalue weighted by atomic mass is 10.1. The van der Waals surface area contributed by atoms with Crippen LogP contribution in [0.2, 0.25) is 5.02 Å². The summed E-state index contributed by atoms with van der Waals surface area (Å²) in [6, 6.07) is 3.54. The number of esters is 1. The van der Waals surface area contributed by atoms with Gasteiger partial charge in [-0.2, -0.15) is 0 Å². The fraction of sp³-hybridized carbons (Fsp3) is 0.154. The predicted octanol–water partition coefficient (Wildman–Crippen LogP) is 2.74. The number of hydrogen-bond donors (Lipinski definition) is 2. The fourth-order valence-corrected chi connectivity index (χ4v) is 2.37. The summed E-state index contributed by atoms with van der Waals surface area (Å²) < 4.78 is 48.4. The van der Waals surface area contributed by atoms with E-state index in [-0.39, 0.29) is 10.6 Å². The van der Waals surface area contributed by atoms with Crippen LogP contribution < -0.4 is 9.46 Å². The van der Waals surface area contributed by atoms with Crippen LogP contribution in [0.3, 0.4) is 0 Å². The number of nitrogens with one attached hydrogen (secondary N) is 1. The van der Waals surface area contributed by atoms with Crippen LogP contribution in [0.1, 0.15) is 6.92 Å². The maximum atomic E-state index is 14.0. The van der Waals surface area contributed by atoms with Crippen molar-refractivity contribution in [3.8, 4) is 22.8 Å². The van der Waals surface area contributed by atoms with Crippen molar-refractivity contribution >= 4 is 33.5 Å². The van der Waals surface area contributed by atoms with Gasteiger partial charge in [0.1, 0.15) is 5.82 Å². The van der Waals surface area contributed by atoms with Gasteiger partial charge in [0.05, 0.1) is 11.8 Å². The van der Waals surface area contributed by atoms with Crippen molar-refractivity contribution in [2.45, 2.75) is 6.92 Å². The van der Waals surface area contributed by atoms with Crippen molar-refractivity contribution < 1.29 is 31.9 Å². The van der Waals surface area contributed by atoms with E-state index in [9.17, 15) is 22.7 Å². The average Bonchev–Trinajstić information content (AvgIpc) is 2.65. The Morgan fingerprint density at radius 1 is 1.43 bits per heavy atom. The highest BCUT2D eigenvalue weighted by Gasteiger charge is 2.27. The number of anilines is 1. The van der Waals surface area contributed by atoms with Crippen LogP contribution in [-0.4, -0.2) is 25.7 Å². The van der Waals surface area contributed by atoms with Gasteiger partial charge in [0.2, 0.25) is 21.5 Å². The van der Waals surface area contributed by atoms with Gasteiger partial charge in [0.25, 0.3) is 5.88 Å². The van der Waals surface area contributed by atoms with Crippen LogP contribution in [0.25, 0.3) is 11.3 Å². The SMILES string of the molecule is CC(=O)Oc1c(NS(C)(=O)=O)oc(-c2ccc(Cl)cc2F)c1O. The van der Waals surface area contributed by atoms with Crippen LogP contribution in [0.15, 0.2) is 22.6 Å². The van der Waals surface area contributed by atoms with Gasteiger partial charge in [0.15, 0.2) is 5.76 Å². The molecule has 0 spiro atoms. The number of carbonyl (C=O) groups is 1. The van der Waals surface area contributed by atoms with E-state index in [2.05, 4.69) is 0 Å². The quantitative estimate of drug-likeness (QED) is 0.809. The Labute approximate surface area is 135 Å². The monoisotopic (exact) mass is 363 g/mol. The molecule has 23 heavy (non-hydrogen) atoms. The minimum atomic E-state index is -3.80. The molecule has 0 aliphatic heterocycles. The summed E-state index contributed by atoms with van der Waals surface area (Å²) >= 11 is 5.64. The molecule has 0 fully saturated rings. The Kier molecular flexibility index (Phi) is 4.53. The number of hydrogen-bond acceptors (Lipinski definition) is 6. The minimum absolute atomic E-state index is 0.118. The van der Waals surface area contributed by atoms with Crippen LogP contribution >= 0.6 is 11.6 Å². The smallest absolute Gasteiger partial charge is 0.308 e. The molecule has 0 saturated carbocycles. The second kappa shape index (κ2) is 6.09. The lowest BCUT2D eigenvalue weighted by Crippen LogP contribution is -2.11. The summed E-state index contributed by atoms with van der Waals surface area (Å²) in [4.78, 5) is 11.1. The van der Waals surface area contributed by atoms with Crippen molar-refractivity contribution in [2.75, 3.05) is 11.0 Å². The zero-order valence-electron chi connectivity index (χ0n) is 11.9. The highest BCUT2D eigenvalue weighted by Crippen LogP contribution is 2.47. The zero-order chi connectivity index (χ0) is 17.4. The van der Waals surface area contributed by atoms with Gasteiger partial charge in [-0.05, 0) is 18.2 Å². The number of aromatic hydroxyl groups is 1. The van der Waals surface area contributed by atoms with Crippen molar-refractivity contribution in [3.05, 3.63) is 29.0 Å². The van der Waals surface area contributed by atoms with Crippen LogP contribution in [-0.2, 0) is 14.8 Å². The third-order valence-corrected chi connectivity index (χ3v) is 3.33. The molecule has 0 bridgehead atoms. The molecule has 2 aromatic rings.